The Morgan fingerprint density at radius 3 is 2.59 bits per heavy atom. The molecule has 2 unspecified atom stereocenters. The van der Waals surface area contributed by atoms with E-state index in [0.717, 1.165) is 22.6 Å². The number of benzene rings is 2. The van der Waals surface area contributed by atoms with Crippen LogP contribution in [0.2, 0.25) is 0 Å². The second kappa shape index (κ2) is 8.84. The molecule has 5 rings (SSSR count). The van der Waals surface area contributed by atoms with Crippen LogP contribution in [-0.2, 0) is 6.54 Å². The maximum absolute atomic E-state index is 13.6. The molecule has 1 aliphatic heterocycles. The average molecular weight is 508 g/mol. The number of aromatic nitrogens is 1. The van der Waals surface area contributed by atoms with E-state index in [-0.39, 0.29) is 17.9 Å². The van der Waals surface area contributed by atoms with Crippen molar-refractivity contribution in [1.29, 1.82) is 0 Å². The lowest BCUT2D eigenvalue weighted by Crippen LogP contribution is -2.29. The molecule has 1 aliphatic rings. The molecular weight excluding hydrogens is 489 g/mol. The fourth-order valence-corrected chi connectivity index (χ4v) is 4.86. The molecule has 2 atom stereocenters. The van der Waals surface area contributed by atoms with Crippen LogP contribution in [0.1, 0.15) is 29.1 Å². The van der Waals surface area contributed by atoms with Crippen molar-refractivity contribution in [3.63, 3.8) is 0 Å². The van der Waals surface area contributed by atoms with Crippen LogP contribution >= 0.6 is 28.1 Å². The Labute approximate surface area is 199 Å². The molecule has 4 nitrogen and oxygen atoms in total. The first-order chi connectivity index (χ1) is 15.6. The summed E-state index contributed by atoms with van der Waals surface area (Å²) < 4.78 is 20.5. The molecule has 2 aromatic carbocycles. The summed E-state index contributed by atoms with van der Waals surface area (Å²) in [5, 5.41) is 4.08. The minimum absolute atomic E-state index is 0.164. The average Bonchev–Trinajstić information content (AvgIpc) is 3.40. The molecule has 3 heterocycles. The molecule has 0 bridgehead atoms. The van der Waals surface area contributed by atoms with Crippen molar-refractivity contribution < 1.29 is 8.81 Å². The van der Waals surface area contributed by atoms with Crippen LogP contribution in [0, 0.1) is 5.82 Å². The van der Waals surface area contributed by atoms with E-state index >= 15 is 0 Å². The van der Waals surface area contributed by atoms with Gasteiger partial charge in [0.2, 0.25) is 0 Å². The van der Waals surface area contributed by atoms with Gasteiger partial charge in [-0.2, -0.15) is 0 Å². The van der Waals surface area contributed by atoms with Crippen LogP contribution in [0.15, 0.2) is 93.9 Å². The molecule has 1 N–H and O–H groups in total. The lowest BCUT2D eigenvalue weighted by atomic mass is 10.0. The zero-order chi connectivity index (χ0) is 22.1. The predicted molar refractivity (Wildman–Crippen MR) is 129 cm³/mol. The third-order valence-electron chi connectivity index (χ3n) is 5.51. The maximum atomic E-state index is 13.6. The monoisotopic (exact) mass is 507 g/mol. The molecule has 0 aliphatic carbocycles. The van der Waals surface area contributed by atoms with E-state index in [1.165, 1.54) is 12.1 Å². The molecule has 2 aromatic heterocycles. The number of nitrogens with zero attached hydrogens (tertiary/aromatic N) is 2. The molecule has 1 fully saturated rings. The fourth-order valence-electron chi connectivity index (χ4n) is 4.01. The van der Waals surface area contributed by atoms with Crippen molar-refractivity contribution in [2.75, 3.05) is 0 Å². The van der Waals surface area contributed by atoms with Crippen LogP contribution < -0.4 is 5.32 Å². The molecule has 0 spiro atoms. The van der Waals surface area contributed by atoms with Gasteiger partial charge in [0, 0.05) is 22.8 Å². The molecule has 7 heteroatoms. The Morgan fingerprint density at radius 2 is 1.84 bits per heavy atom. The van der Waals surface area contributed by atoms with Crippen molar-refractivity contribution in [3.8, 4) is 11.3 Å². The highest BCUT2D eigenvalue weighted by Crippen LogP contribution is 2.42. The summed E-state index contributed by atoms with van der Waals surface area (Å²) in [6.07, 6.45) is 1.78. The van der Waals surface area contributed by atoms with Gasteiger partial charge < -0.3 is 14.6 Å². The van der Waals surface area contributed by atoms with Gasteiger partial charge >= 0.3 is 0 Å². The van der Waals surface area contributed by atoms with Gasteiger partial charge in [-0.15, -0.1) is 0 Å². The van der Waals surface area contributed by atoms with Crippen molar-refractivity contribution in [3.05, 3.63) is 112 Å². The second-order valence-corrected chi connectivity index (χ2v) is 8.81. The quantitative estimate of drug-likeness (QED) is 0.316. The largest absolute Gasteiger partial charge is 0.459 e. The van der Waals surface area contributed by atoms with Crippen LogP contribution in [0.5, 0.6) is 0 Å². The second-order valence-electron chi connectivity index (χ2n) is 7.57. The molecule has 4 aromatic rings. The summed E-state index contributed by atoms with van der Waals surface area (Å²) >= 11 is 9.16. The number of halogens is 2. The van der Waals surface area contributed by atoms with Gasteiger partial charge in [-0.3, -0.25) is 4.98 Å². The summed E-state index contributed by atoms with van der Waals surface area (Å²) in [5.41, 5.74) is 2.82. The van der Waals surface area contributed by atoms with Crippen molar-refractivity contribution in [2.24, 2.45) is 0 Å². The van der Waals surface area contributed by atoms with E-state index in [0.29, 0.717) is 21.9 Å². The van der Waals surface area contributed by atoms with E-state index in [1.54, 1.807) is 12.3 Å². The Bertz CT molecular complexity index is 1250. The molecule has 0 radical (unpaired) electrons. The van der Waals surface area contributed by atoms with Gasteiger partial charge in [0.25, 0.3) is 0 Å². The van der Waals surface area contributed by atoms with Gasteiger partial charge in [0.05, 0.1) is 11.7 Å². The Kier molecular flexibility index (Phi) is 5.76. The lowest BCUT2D eigenvalue weighted by molar-refractivity contribution is 0.269. The first-order valence-electron chi connectivity index (χ1n) is 10.2. The number of furan rings is 1. The summed E-state index contributed by atoms with van der Waals surface area (Å²) in [6.45, 7) is 0.636. The first kappa shape index (κ1) is 20.8. The molecule has 32 heavy (non-hydrogen) atoms. The molecule has 160 valence electrons. The summed E-state index contributed by atoms with van der Waals surface area (Å²) in [7, 11) is 0. The standard InChI is InChI=1S/C25H19BrFN3OS/c26-19-14-17(27)9-10-18(19)21-11-12-22(31-21)24-23(20-8-4-5-13-28-20)29-25(32)30(24)15-16-6-2-1-3-7-16/h1-14,23-24H,15H2,(H,29,32). The lowest BCUT2D eigenvalue weighted by Gasteiger charge is -2.26. The van der Waals surface area contributed by atoms with Crippen molar-refractivity contribution in [2.45, 2.75) is 18.6 Å². The van der Waals surface area contributed by atoms with Crippen molar-refractivity contribution >= 4 is 33.3 Å². The van der Waals surface area contributed by atoms with Gasteiger partial charge in [-0.1, -0.05) is 36.4 Å². The van der Waals surface area contributed by atoms with Crippen LogP contribution in [0.4, 0.5) is 4.39 Å². The molecule has 0 saturated carbocycles. The van der Waals surface area contributed by atoms with Gasteiger partial charge in [0.1, 0.15) is 23.4 Å². The Hall–Kier alpha value is -3.03. The minimum atomic E-state index is -0.304. The zero-order valence-corrected chi connectivity index (χ0v) is 19.3. The van der Waals surface area contributed by atoms with Crippen molar-refractivity contribution in [1.82, 2.24) is 15.2 Å². The molecule has 1 saturated heterocycles. The molecule has 0 amide bonds. The van der Waals surface area contributed by atoms with Gasteiger partial charge in [-0.25, -0.2) is 4.39 Å². The molecular formula is C25H19BrFN3OS. The van der Waals surface area contributed by atoms with E-state index in [2.05, 4.69) is 43.3 Å². The number of nitrogens with one attached hydrogen (secondary N) is 1. The van der Waals surface area contributed by atoms with E-state index < -0.39 is 0 Å². The van der Waals surface area contributed by atoms with Crippen LogP contribution in [0.25, 0.3) is 11.3 Å². The normalized spacial score (nSPS) is 18.1. The summed E-state index contributed by atoms with van der Waals surface area (Å²) in [4.78, 5) is 6.69. The smallest absolute Gasteiger partial charge is 0.170 e. The highest BCUT2D eigenvalue weighted by atomic mass is 79.9. The predicted octanol–water partition coefficient (Wildman–Crippen LogP) is 6.42. The maximum Gasteiger partial charge on any atom is 0.170 e. The number of rotatable bonds is 5. The number of hydrogen-bond acceptors (Lipinski definition) is 3. The van der Waals surface area contributed by atoms with E-state index in [1.807, 2.05) is 48.5 Å². The third-order valence-corrected chi connectivity index (χ3v) is 6.52. The summed E-state index contributed by atoms with van der Waals surface area (Å²) in [6, 6.07) is 24.1. The minimum Gasteiger partial charge on any atom is -0.459 e. The van der Waals surface area contributed by atoms with E-state index in [4.69, 9.17) is 16.6 Å². The van der Waals surface area contributed by atoms with Crippen LogP contribution in [-0.4, -0.2) is 15.0 Å². The Balaban J connectivity index is 1.55. The summed E-state index contributed by atoms with van der Waals surface area (Å²) in [5.74, 6) is 1.11. The fraction of sp³-hybridized carbons (Fsp3) is 0.120. The SMILES string of the molecule is Fc1ccc(-c2ccc(C3C(c4ccccn4)NC(=S)N3Cc3ccccc3)o2)c(Br)c1. The number of hydrogen-bond donors (Lipinski definition) is 1. The highest BCUT2D eigenvalue weighted by molar-refractivity contribution is 9.10. The van der Waals surface area contributed by atoms with Crippen LogP contribution in [0.3, 0.4) is 0 Å². The first-order valence-corrected chi connectivity index (χ1v) is 11.4. The number of pyridine rings is 1. The third kappa shape index (κ3) is 4.06. The van der Waals surface area contributed by atoms with E-state index in [9.17, 15) is 4.39 Å². The Morgan fingerprint density at radius 1 is 1.03 bits per heavy atom. The number of thiocarbonyl (C=S) groups is 1. The topological polar surface area (TPSA) is 41.3 Å². The van der Waals surface area contributed by atoms with Gasteiger partial charge in [0.15, 0.2) is 5.11 Å². The highest BCUT2D eigenvalue weighted by Gasteiger charge is 2.41. The zero-order valence-electron chi connectivity index (χ0n) is 16.9. The van der Waals surface area contributed by atoms with Gasteiger partial charge in [-0.05, 0) is 76.2 Å².